The molecule has 0 aliphatic heterocycles. The van der Waals surface area contributed by atoms with E-state index in [0.29, 0.717) is 23.7 Å². The minimum atomic E-state index is -4.18. The van der Waals surface area contributed by atoms with Crippen LogP contribution < -0.4 is 14.4 Å². The van der Waals surface area contributed by atoms with E-state index in [1.54, 1.807) is 43.3 Å². The molecule has 0 heterocycles. The Morgan fingerprint density at radius 3 is 2.10 bits per heavy atom. The number of hydrogen-bond donors (Lipinski definition) is 1. The number of amides is 2. The minimum absolute atomic E-state index is 0.00750. The number of methoxy groups -OCH3 is 1. The predicted octanol–water partition coefficient (Wildman–Crippen LogP) is 4.80. The van der Waals surface area contributed by atoms with E-state index in [9.17, 15) is 18.0 Å². The number of benzene rings is 3. The molecule has 0 unspecified atom stereocenters. The van der Waals surface area contributed by atoms with Crippen molar-refractivity contribution in [1.82, 2.24) is 10.2 Å². The van der Waals surface area contributed by atoms with Gasteiger partial charge in [0.05, 0.1) is 17.7 Å². The molecule has 0 aromatic heterocycles. The largest absolute Gasteiger partial charge is 0.497 e. The average Bonchev–Trinajstić information content (AvgIpc) is 2.93. The summed E-state index contributed by atoms with van der Waals surface area (Å²) in [6.45, 7) is 5.62. The number of anilines is 1. The molecule has 0 aliphatic rings. The molecule has 3 aromatic carbocycles. The van der Waals surface area contributed by atoms with Gasteiger partial charge in [-0.25, -0.2) is 8.42 Å². The van der Waals surface area contributed by atoms with Gasteiger partial charge in [0.1, 0.15) is 18.3 Å². The molecule has 0 spiro atoms. The molecule has 8 nitrogen and oxygen atoms in total. The Kier molecular flexibility index (Phi) is 10.4. The lowest BCUT2D eigenvalue weighted by Gasteiger charge is -2.33. The van der Waals surface area contributed by atoms with Crippen molar-refractivity contribution in [1.29, 1.82) is 0 Å². The fourth-order valence-electron chi connectivity index (χ4n) is 4.11. The van der Waals surface area contributed by atoms with Crippen molar-refractivity contribution in [2.45, 2.75) is 44.7 Å². The number of hydrogen-bond acceptors (Lipinski definition) is 5. The molecular formula is C29H34ClN3O5S. The molecule has 2 amide bonds. The summed E-state index contributed by atoms with van der Waals surface area (Å²) in [5.74, 6) is -0.308. The molecule has 0 saturated heterocycles. The van der Waals surface area contributed by atoms with Gasteiger partial charge in [0.2, 0.25) is 11.8 Å². The highest BCUT2D eigenvalue weighted by atomic mass is 35.5. The van der Waals surface area contributed by atoms with Crippen LogP contribution in [-0.4, -0.2) is 51.4 Å². The van der Waals surface area contributed by atoms with Gasteiger partial charge < -0.3 is 15.0 Å². The summed E-state index contributed by atoms with van der Waals surface area (Å²) in [7, 11) is -2.69. The number of carbonyl (C=O) groups excluding carboxylic acids is 2. The van der Waals surface area contributed by atoms with Gasteiger partial charge in [0, 0.05) is 18.1 Å². The Labute approximate surface area is 235 Å². The summed E-state index contributed by atoms with van der Waals surface area (Å²) >= 11 is 6.06. The third-order valence-corrected chi connectivity index (χ3v) is 8.29. The van der Waals surface area contributed by atoms with Gasteiger partial charge in [-0.2, -0.15) is 0 Å². The van der Waals surface area contributed by atoms with Crippen molar-refractivity contribution in [3.05, 3.63) is 88.9 Å². The van der Waals surface area contributed by atoms with Crippen molar-refractivity contribution >= 4 is 39.1 Å². The van der Waals surface area contributed by atoms with E-state index in [1.165, 1.54) is 24.1 Å². The van der Waals surface area contributed by atoms with Gasteiger partial charge in [-0.1, -0.05) is 48.4 Å². The smallest absolute Gasteiger partial charge is 0.264 e. The Morgan fingerprint density at radius 1 is 0.949 bits per heavy atom. The van der Waals surface area contributed by atoms with Crippen LogP contribution in [0.25, 0.3) is 0 Å². The number of nitrogens with one attached hydrogen (secondary N) is 1. The van der Waals surface area contributed by atoms with Crippen LogP contribution in [0.4, 0.5) is 5.69 Å². The van der Waals surface area contributed by atoms with Crippen LogP contribution in [-0.2, 0) is 26.2 Å². The second-order valence-corrected chi connectivity index (χ2v) is 11.3. The molecule has 0 fully saturated rings. The highest BCUT2D eigenvalue weighted by Gasteiger charge is 2.33. The van der Waals surface area contributed by atoms with Crippen LogP contribution in [0, 0.1) is 6.92 Å². The zero-order chi connectivity index (χ0) is 28.6. The second kappa shape index (κ2) is 13.5. The summed E-state index contributed by atoms with van der Waals surface area (Å²) in [6, 6.07) is 19.0. The van der Waals surface area contributed by atoms with E-state index >= 15 is 0 Å². The molecule has 208 valence electrons. The van der Waals surface area contributed by atoms with Crippen molar-refractivity contribution in [2.75, 3.05) is 24.5 Å². The molecule has 0 aliphatic carbocycles. The first-order valence-corrected chi connectivity index (χ1v) is 14.5. The van der Waals surface area contributed by atoms with E-state index in [4.69, 9.17) is 16.3 Å². The molecule has 1 atom stereocenters. The SMILES string of the molecule is CCNC(=O)[C@@H](CC)N(Cc1ccc(C)cc1)C(=O)CN(c1ccc(Cl)cc1)S(=O)(=O)c1ccc(OC)cc1. The number of rotatable bonds is 12. The van der Waals surface area contributed by atoms with Crippen molar-refractivity contribution in [3.8, 4) is 5.75 Å². The topological polar surface area (TPSA) is 96.0 Å². The van der Waals surface area contributed by atoms with Crippen LogP contribution in [0.3, 0.4) is 0 Å². The van der Waals surface area contributed by atoms with Crippen LogP contribution in [0.15, 0.2) is 77.7 Å². The first kappa shape index (κ1) is 30.0. The molecule has 0 radical (unpaired) electrons. The Balaban J connectivity index is 2.04. The quantitative estimate of drug-likeness (QED) is 0.337. The van der Waals surface area contributed by atoms with Gasteiger partial charge in [-0.15, -0.1) is 0 Å². The molecule has 3 rings (SSSR count). The van der Waals surface area contributed by atoms with Gasteiger partial charge in [0.15, 0.2) is 0 Å². The van der Waals surface area contributed by atoms with E-state index in [1.807, 2.05) is 38.1 Å². The van der Waals surface area contributed by atoms with Gasteiger partial charge in [0.25, 0.3) is 10.0 Å². The number of nitrogens with zero attached hydrogens (tertiary/aromatic N) is 2. The molecule has 0 bridgehead atoms. The van der Waals surface area contributed by atoms with E-state index in [0.717, 1.165) is 15.4 Å². The molecule has 3 aromatic rings. The number of halogens is 1. The third kappa shape index (κ3) is 7.52. The molecule has 1 N–H and O–H groups in total. The zero-order valence-electron chi connectivity index (χ0n) is 22.6. The van der Waals surface area contributed by atoms with E-state index in [2.05, 4.69) is 5.32 Å². The number of likely N-dealkylation sites (N-methyl/N-ethyl adjacent to an activating group) is 1. The van der Waals surface area contributed by atoms with Crippen LogP contribution >= 0.6 is 11.6 Å². The maximum Gasteiger partial charge on any atom is 0.264 e. The van der Waals surface area contributed by atoms with Crippen molar-refractivity contribution in [3.63, 3.8) is 0 Å². The maximum absolute atomic E-state index is 13.9. The Hall–Kier alpha value is -3.56. The van der Waals surface area contributed by atoms with E-state index in [-0.39, 0.29) is 23.0 Å². The highest BCUT2D eigenvalue weighted by Crippen LogP contribution is 2.27. The summed E-state index contributed by atoms with van der Waals surface area (Å²) in [4.78, 5) is 28.4. The Bertz CT molecular complexity index is 1360. The summed E-state index contributed by atoms with van der Waals surface area (Å²) in [5, 5.41) is 3.22. The first-order valence-electron chi connectivity index (χ1n) is 12.7. The fraction of sp³-hybridized carbons (Fsp3) is 0.310. The predicted molar refractivity (Wildman–Crippen MR) is 153 cm³/mol. The molecule has 39 heavy (non-hydrogen) atoms. The fourth-order valence-corrected chi connectivity index (χ4v) is 5.65. The maximum atomic E-state index is 13.9. The number of aryl methyl sites for hydroxylation is 1. The lowest BCUT2D eigenvalue weighted by molar-refractivity contribution is -0.140. The first-order chi connectivity index (χ1) is 18.6. The number of ether oxygens (including phenoxy) is 1. The van der Waals surface area contributed by atoms with Gasteiger partial charge in [-0.05, 0) is 74.4 Å². The minimum Gasteiger partial charge on any atom is -0.497 e. The zero-order valence-corrected chi connectivity index (χ0v) is 24.1. The normalized spacial score (nSPS) is 11.9. The number of sulfonamides is 1. The van der Waals surface area contributed by atoms with Crippen molar-refractivity contribution < 1.29 is 22.7 Å². The molecule has 0 saturated carbocycles. The third-order valence-electron chi connectivity index (χ3n) is 6.25. The lowest BCUT2D eigenvalue weighted by atomic mass is 10.1. The summed E-state index contributed by atoms with van der Waals surface area (Å²) in [6.07, 6.45) is 0.357. The average molecular weight is 572 g/mol. The standard InChI is InChI=1S/C29H34ClN3O5S/c1-5-27(29(35)31-6-2)32(19-22-9-7-21(3)8-10-22)28(34)20-33(24-13-11-23(30)12-14-24)39(36,37)26-17-15-25(38-4)16-18-26/h7-18,27H,5-6,19-20H2,1-4H3,(H,31,35)/t27-/m1/s1. The van der Waals surface area contributed by atoms with Crippen LogP contribution in [0.5, 0.6) is 5.75 Å². The molecular weight excluding hydrogens is 538 g/mol. The van der Waals surface area contributed by atoms with Crippen LogP contribution in [0.2, 0.25) is 5.02 Å². The van der Waals surface area contributed by atoms with Gasteiger partial charge in [-0.3, -0.25) is 13.9 Å². The van der Waals surface area contributed by atoms with Crippen molar-refractivity contribution in [2.24, 2.45) is 0 Å². The highest BCUT2D eigenvalue weighted by molar-refractivity contribution is 7.92. The lowest BCUT2D eigenvalue weighted by Crippen LogP contribution is -2.52. The van der Waals surface area contributed by atoms with E-state index < -0.39 is 28.5 Å². The summed E-state index contributed by atoms with van der Waals surface area (Å²) < 4.78 is 33.9. The molecule has 10 heteroatoms. The Morgan fingerprint density at radius 2 is 1.56 bits per heavy atom. The van der Waals surface area contributed by atoms with Gasteiger partial charge >= 0.3 is 0 Å². The second-order valence-electron chi connectivity index (χ2n) is 8.99. The summed E-state index contributed by atoms with van der Waals surface area (Å²) in [5.41, 5.74) is 2.16. The van der Waals surface area contributed by atoms with Crippen LogP contribution in [0.1, 0.15) is 31.4 Å². The monoisotopic (exact) mass is 571 g/mol. The number of carbonyl (C=O) groups is 2.